The molecule has 3 aromatic heterocycles. The van der Waals surface area contributed by atoms with E-state index in [0.29, 0.717) is 45.1 Å². The Labute approximate surface area is 236 Å². The van der Waals surface area contributed by atoms with Gasteiger partial charge in [-0.05, 0) is 65.8 Å². The van der Waals surface area contributed by atoms with Crippen molar-refractivity contribution in [3.8, 4) is 17.2 Å². The van der Waals surface area contributed by atoms with Gasteiger partial charge in [0, 0.05) is 61.6 Å². The van der Waals surface area contributed by atoms with E-state index in [1.54, 1.807) is 67.6 Å². The second-order valence-corrected chi connectivity index (χ2v) is 10.6. The van der Waals surface area contributed by atoms with Gasteiger partial charge in [-0.25, -0.2) is 0 Å². The number of aryl methyl sites for hydroxylation is 1. The molecule has 9 heteroatoms. The van der Waals surface area contributed by atoms with Gasteiger partial charge in [0.25, 0.3) is 5.56 Å². The van der Waals surface area contributed by atoms with Gasteiger partial charge in [-0.2, -0.15) is 10.4 Å². The van der Waals surface area contributed by atoms with Gasteiger partial charge >= 0.3 is 0 Å². The summed E-state index contributed by atoms with van der Waals surface area (Å²) in [5.41, 5.74) is 4.00. The predicted molar refractivity (Wildman–Crippen MR) is 151 cm³/mol. The van der Waals surface area contributed by atoms with Crippen molar-refractivity contribution in [1.29, 1.82) is 5.26 Å². The van der Waals surface area contributed by atoms with Crippen LogP contribution in [-0.4, -0.2) is 30.9 Å². The lowest BCUT2D eigenvalue weighted by molar-refractivity contribution is -0.121. The Morgan fingerprint density at radius 3 is 2.58 bits per heavy atom. The van der Waals surface area contributed by atoms with Crippen LogP contribution < -0.4 is 5.56 Å². The fourth-order valence-electron chi connectivity index (χ4n) is 4.93. The number of aromatic nitrogens is 4. The second-order valence-electron chi connectivity index (χ2n) is 10.1. The Balaban J connectivity index is 1.56. The highest BCUT2D eigenvalue weighted by Gasteiger charge is 2.31. The molecule has 0 bridgehead atoms. The largest absolute Gasteiger partial charge is 0.304 e. The van der Waals surface area contributed by atoms with Crippen LogP contribution in [0, 0.1) is 11.3 Å². The van der Waals surface area contributed by atoms with E-state index < -0.39 is 6.04 Å². The molecule has 1 saturated carbocycles. The van der Waals surface area contributed by atoms with Gasteiger partial charge in [0.05, 0.1) is 17.3 Å². The van der Waals surface area contributed by atoms with Crippen molar-refractivity contribution >= 4 is 23.2 Å². The van der Waals surface area contributed by atoms with Gasteiger partial charge in [-0.15, -0.1) is 0 Å². The van der Waals surface area contributed by atoms with E-state index in [9.17, 15) is 19.6 Å². The Morgan fingerprint density at radius 2 is 1.95 bits per heavy atom. The standard InChI is InChI=1S/C31H28ClN5O3/c1-3-29(38)27-9-4-19(17-34-27)12-30(39)28(14-23-10-11-36(2)35-23)37-18-26(20-5-6-20)25(15-31(37)40)24-13-22(32)8-7-21(24)16-33/h4,7-11,13,15,17-18,20,28H,3,5-6,12,14H2,1-2H3. The third-order valence-electron chi connectivity index (χ3n) is 7.21. The Morgan fingerprint density at radius 1 is 1.15 bits per heavy atom. The number of Topliss-reactive ketones (excluding diaryl/α,β-unsaturated/α-hetero) is 2. The number of nitrogens with zero attached hydrogens (tertiary/aromatic N) is 5. The third kappa shape index (κ3) is 5.80. The zero-order valence-electron chi connectivity index (χ0n) is 22.3. The van der Waals surface area contributed by atoms with Crippen LogP contribution in [0.1, 0.15) is 71.0 Å². The minimum atomic E-state index is -0.805. The van der Waals surface area contributed by atoms with Gasteiger partial charge in [0.1, 0.15) is 11.7 Å². The summed E-state index contributed by atoms with van der Waals surface area (Å²) >= 11 is 6.27. The number of pyridine rings is 2. The number of benzene rings is 1. The molecule has 0 spiro atoms. The minimum Gasteiger partial charge on any atom is -0.304 e. The average Bonchev–Trinajstić information content (AvgIpc) is 3.72. The van der Waals surface area contributed by atoms with E-state index in [2.05, 4.69) is 16.2 Å². The van der Waals surface area contributed by atoms with Crippen LogP contribution in [0.2, 0.25) is 5.02 Å². The van der Waals surface area contributed by atoms with Crippen LogP contribution in [0.15, 0.2) is 65.8 Å². The van der Waals surface area contributed by atoms with E-state index in [1.807, 2.05) is 6.07 Å². The first-order valence-electron chi connectivity index (χ1n) is 13.2. The molecule has 1 fully saturated rings. The molecule has 1 aliphatic carbocycles. The zero-order valence-corrected chi connectivity index (χ0v) is 23.1. The van der Waals surface area contributed by atoms with Crippen LogP contribution in [0.4, 0.5) is 0 Å². The topological polar surface area (TPSA) is 111 Å². The molecule has 1 unspecified atom stereocenters. The molecule has 1 atom stereocenters. The summed E-state index contributed by atoms with van der Waals surface area (Å²) in [6, 6.07) is 13.1. The van der Waals surface area contributed by atoms with Crippen molar-refractivity contribution in [2.24, 2.45) is 7.05 Å². The van der Waals surface area contributed by atoms with Gasteiger partial charge < -0.3 is 4.57 Å². The Kier molecular flexibility index (Phi) is 7.76. The van der Waals surface area contributed by atoms with Crippen molar-refractivity contribution in [3.05, 3.63) is 105 Å². The molecule has 8 nitrogen and oxygen atoms in total. The number of nitriles is 1. The Bertz CT molecular complexity index is 1690. The smallest absolute Gasteiger partial charge is 0.251 e. The van der Waals surface area contributed by atoms with E-state index >= 15 is 0 Å². The predicted octanol–water partition coefficient (Wildman–Crippen LogP) is 5.23. The lowest BCUT2D eigenvalue weighted by atomic mass is 9.94. The second kappa shape index (κ2) is 11.4. The fourth-order valence-corrected chi connectivity index (χ4v) is 5.10. The molecule has 4 aromatic rings. The monoisotopic (exact) mass is 553 g/mol. The lowest BCUT2D eigenvalue weighted by Gasteiger charge is -2.21. The van der Waals surface area contributed by atoms with Crippen LogP contribution >= 0.6 is 11.6 Å². The van der Waals surface area contributed by atoms with E-state index in [0.717, 1.165) is 18.4 Å². The van der Waals surface area contributed by atoms with Crippen molar-refractivity contribution < 1.29 is 9.59 Å². The first-order valence-corrected chi connectivity index (χ1v) is 13.6. The van der Waals surface area contributed by atoms with Crippen LogP contribution in [0.3, 0.4) is 0 Å². The third-order valence-corrected chi connectivity index (χ3v) is 7.44. The van der Waals surface area contributed by atoms with Crippen LogP contribution in [0.5, 0.6) is 0 Å². The molecule has 40 heavy (non-hydrogen) atoms. The maximum Gasteiger partial charge on any atom is 0.251 e. The molecule has 3 heterocycles. The number of carbonyl (C=O) groups is 2. The van der Waals surface area contributed by atoms with Gasteiger partial charge in [-0.1, -0.05) is 24.6 Å². The summed E-state index contributed by atoms with van der Waals surface area (Å²) in [7, 11) is 1.80. The van der Waals surface area contributed by atoms with Crippen LogP contribution in [-0.2, 0) is 24.7 Å². The molecule has 0 saturated heterocycles. The number of rotatable bonds is 10. The number of ketones is 2. The average molecular weight is 554 g/mol. The van der Waals surface area contributed by atoms with Crippen molar-refractivity contribution in [3.63, 3.8) is 0 Å². The van der Waals surface area contributed by atoms with E-state index in [4.69, 9.17) is 11.6 Å². The molecule has 0 aliphatic heterocycles. The lowest BCUT2D eigenvalue weighted by Crippen LogP contribution is -2.32. The van der Waals surface area contributed by atoms with Gasteiger partial charge in [-0.3, -0.25) is 24.0 Å². The molecule has 0 N–H and O–H groups in total. The van der Waals surface area contributed by atoms with Crippen molar-refractivity contribution in [2.45, 2.75) is 51.0 Å². The quantitative estimate of drug-likeness (QED) is 0.248. The summed E-state index contributed by atoms with van der Waals surface area (Å²) in [4.78, 5) is 43.7. The normalized spacial score (nSPS) is 13.6. The van der Waals surface area contributed by atoms with Crippen molar-refractivity contribution in [1.82, 2.24) is 19.3 Å². The zero-order chi connectivity index (χ0) is 28.4. The number of hydrogen-bond acceptors (Lipinski definition) is 6. The summed E-state index contributed by atoms with van der Waals surface area (Å²) in [6.07, 6.45) is 7.68. The van der Waals surface area contributed by atoms with E-state index in [-0.39, 0.29) is 35.9 Å². The molecule has 202 valence electrons. The van der Waals surface area contributed by atoms with Gasteiger partial charge in [0.2, 0.25) is 0 Å². The maximum atomic E-state index is 13.8. The molecule has 0 amide bonds. The molecule has 0 radical (unpaired) electrons. The minimum absolute atomic E-state index is 0.0466. The fraction of sp³-hybridized carbons (Fsp3) is 0.290. The molecule has 1 aliphatic rings. The summed E-state index contributed by atoms with van der Waals surface area (Å²) in [6.45, 7) is 1.77. The first-order chi connectivity index (χ1) is 19.3. The Hall–Kier alpha value is -4.35. The molecular formula is C31H28ClN5O3. The number of hydrogen-bond donors (Lipinski definition) is 0. The highest BCUT2D eigenvalue weighted by molar-refractivity contribution is 6.31. The summed E-state index contributed by atoms with van der Waals surface area (Å²) in [5.74, 6) is -0.00526. The molecule has 1 aromatic carbocycles. The van der Waals surface area contributed by atoms with E-state index in [1.165, 1.54) is 10.6 Å². The number of carbonyl (C=O) groups excluding carboxylic acids is 2. The highest BCUT2D eigenvalue weighted by atomic mass is 35.5. The maximum absolute atomic E-state index is 13.8. The highest BCUT2D eigenvalue weighted by Crippen LogP contribution is 2.45. The SMILES string of the molecule is CCC(=O)c1ccc(CC(=O)C(Cc2ccn(C)n2)n2cc(C3CC3)c(-c3cc(Cl)ccc3C#N)cc2=O)cn1. The number of halogens is 1. The molecule has 5 rings (SSSR count). The summed E-state index contributed by atoms with van der Waals surface area (Å²) < 4.78 is 3.17. The van der Waals surface area contributed by atoms with Crippen molar-refractivity contribution in [2.75, 3.05) is 0 Å². The summed E-state index contributed by atoms with van der Waals surface area (Å²) in [5, 5.41) is 14.6. The van der Waals surface area contributed by atoms with Crippen LogP contribution in [0.25, 0.3) is 11.1 Å². The van der Waals surface area contributed by atoms with Gasteiger partial charge in [0.15, 0.2) is 11.6 Å². The molecular weight excluding hydrogens is 526 g/mol. The first kappa shape index (κ1) is 27.2.